The first-order valence-corrected chi connectivity index (χ1v) is 11.7. The number of nitro benzene ring substituents is 1. The third kappa shape index (κ3) is 5.20. The first kappa shape index (κ1) is 24.3. The van der Waals surface area contributed by atoms with E-state index in [0.717, 1.165) is 6.07 Å². The number of hydrogen-bond donors (Lipinski definition) is 1. The smallest absolute Gasteiger partial charge is 0.270 e. The number of sulfonamides is 1. The van der Waals surface area contributed by atoms with Crippen LogP contribution in [0.4, 0.5) is 5.69 Å². The molecule has 2 amide bonds. The van der Waals surface area contributed by atoms with Crippen molar-refractivity contribution < 1.29 is 27.5 Å². The molecule has 0 spiro atoms. The number of non-ortho nitro benzene ring substituents is 1. The van der Waals surface area contributed by atoms with Crippen LogP contribution in [0.2, 0.25) is 0 Å². The number of amides is 2. The lowest BCUT2D eigenvalue weighted by Crippen LogP contribution is -2.48. The van der Waals surface area contributed by atoms with Crippen molar-refractivity contribution in [2.24, 2.45) is 0 Å². The molecular formula is C20H25N5O7S. The highest BCUT2D eigenvalue weighted by atomic mass is 32.2. The van der Waals surface area contributed by atoms with Gasteiger partial charge in [0.05, 0.1) is 4.92 Å². The zero-order valence-corrected chi connectivity index (χ0v) is 19.3. The van der Waals surface area contributed by atoms with Gasteiger partial charge in [0, 0.05) is 43.9 Å². The standard InChI is InChI=1S/C20H25N5O7S/c1-13-18(15(3)32-22-13)33(30,31)24-9-5-8-23(10-11-24)20(27)14(2)21-19(26)16-6-4-7-17(12-16)25(28)29/h4,6-7,12,14H,5,8-11H2,1-3H3,(H,21,26)/t14-/m0/s1. The van der Waals surface area contributed by atoms with E-state index in [-0.39, 0.29) is 53.1 Å². The summed E-state index contributed by atoms with van der Waals surface area (Å²) >= 11 is 0. The van der Waals surface area contributed by atoms with Crippen LogP contribution in [0.25, 0.3) is 0 Å². The molecule has 1 N–H and O–H groups in total. The fourth-order valence-electron chi connectivity index (χ4n) is 3.70. The summed E-state index contributed by atoms with van der Waals surface area (Å²) < 4.78 is 32.4. The van der Waals surface area contributed by atoms with Crippen LogP contribution in [0.1, 0.15) is 35.2 Å². The highest BCUT2D eigenvalue weighted by Gasteiger charge is 2.33. The summed E-state index contributed by atoms with van der Waals surface area (Å²) in [6.45, 7) is 5.39. The van der Waals surface area contributed by atoms with E-state index >= 15 is 0 Å². The van der Waals surface area contributed by atoms with Crippen LogP contribution >= 0.6 is 0 Å². The number of hydrogen-bond acceptors (Lipinski definition) is 8. The maximum Gasteiger partial charge on any atom is 0.270 e. The predicted molar refractivity (Wildman–Crippen MR) is 116 cm³/mol. The van der Waals surface area contributed by atoms with Crippen LogP contribution in [0.3, 0.4) is 0 Å². The molecule has 1 fully saturated rings. The Morgan fingerprint density at radius 2 is 1.94 bits per heavy atom. The van der Waals surface area contributed by atoms with Gasteiger partial charge in [0.25, 0.3) is 11.6 Å². The number of aromatic nitrogens is 1. The molecule has 13 heteroatoms. The van der Waals surface area contributed by atoms with Gasteiger partial charge >= 0.3 is 0 Å². The Hall–Kier alpha value is -3.32. The van der Waals surface area contributed by atoms with Crippen LogP contribution < -0.4 is 5.32 Å². The van der Waals surface area contributed by atoms with Crippen molar-refractivity contribution in [2.45, 2.75) is 38.1 Å². The van der Waals surface area contributed by atoms with Crippen molar-refractivity contribution in [3.63, 3.8) is 0 Å². The van der Waals surface area contributed by atoms with Crippen LogP contribution in [-0.4, -0.2) is 71.7 Å². The fourth-order valence-corrected chi connectivity index (χ4v) is 5.46. The van der Waals surface area contributed by atoms with E-state index < -0.39 is 26.9 Å². The Kier molecular flexibility index (Phi) is 7.12. The van der Waals surface area contributed by atoms with Crippen molar-refractivity contribution >= 4 is 27.5 Å². The maximum absolute atomic E-state index is 13.0. The molecule has 0 aliphatic carbocycles. The lowest BCUT2D eigenvalue weighted by atomic mass is 10.1. The number of nitrogens with one attached hydrogen (secondary N) is 1. The summed E-state index contributed by atoms with van der Waals surface area (Å²) in [5.41, 5.74) is 0.118. The minimum atomic E-state index is -3.82. The second kappa shape index (κ2) is 9.67. The Bertz CT molecular complexity index is 1160. The van der Waals surface area contributed by atoms with E-state index in [4.69, 9.17) is 4.52 Å². The first-order chi connectivity index (χ1) is 15.5. The molecule has 1 aromatic carbocycles. The minimum Gasteiger partial charge on any atom is -0.360 e. The Balaban J connectivity index is 1.65. The quantitative estimate of drug-likeness (QED) is 0.479. The first-order valence-electron chi connectivity index (χ1n) is 10.3. The second-order valence-electron chi connectivity index (χ2n) is 7.74. The Morgan fingerprint density at radius 1 is 1.21 bits per heavy atom. The highest BCUT2D eigenvalue weighted by molar-refractivity contribution is 7.89. The van der Waals surface area contributed by atoms with Crippen LogP contribution in [0, 0.1) is 24.0 Å². The number of aryl methyl sites for hydroxylation is 2. The number of rotatable bonds is 6. The van der Waals surface area contributed by atoms with Gasteiger partial charge in [0.1, 0.15) is 16.6 Å². The molecule has 178 valence electrons. The van der Waals surface area contributed by atoms with Gasteiger partial charge in [-0.25, -0.2) is 8.42 Å². The SMILES string of the molecule is Cc1noc(C)c1S(=O)(=O)N1CCCN(C(=O)[C@H](C)NC(=O)c2cccc([N+](=O)[O-])c2)CC1. The van der Waals surface area contributed by atoms with Gasteiger partial charge in [-0.1, -0.05) is 11.2 Å². The van der Waals surface area contributed by atoms with E-state index in [9.17, 15) is 28.1 Å². The average Bonchev–Trinajstić information content (AvgIpc) is 2.97. The molecule has 1 aliphatic rings. The summed E-state index contributed by atoms with van der Waals surface area (Å²) in [6.07, 6.45) is 0.417. The van der Waals surface area contributed by atoms with Gasteiger partial charge in [0.15, 0.2) is 5.76 Å². The molecule has 12 nitrogen and oxygen atoms in total. The van der Waals surface area contributed by atoms with Gasteiger partial charge in [-0.15, -0.1) is 0 Å². The van der Waals surface area contributed by atoms with E-state index in [1.165, 1.54) is 41.3 Å². The van der Waals surface area contributed by atoms with Crippen molar-refractivity contribution in [1.82, 2.24) is 19.7 Å². The number of benzene rings is 1. The third-order valence-electron chi connectivity index (χ3n) is 5.37. The molecule has 2 heterocycles. The third-order valence-corrected chi connectivity index (χ3v) is 7.51. The number of carbonyl (C=O) groups is 2. The van der Waals surface area contributed by atoms with Crippen molar-refractivity contribution in [3.8, 4) is 0 Å². The molecule has 1 atom stereocenters. The van der Waals surface area contributed by atoms with Gasteiger partial charge in [0.2, 0.25) is 15.9 Å². The second-order valence-corrected chi connectivity index (χ2v) is 9.61. The van der Waals surface area contributed by atoms with Gasteiger partial charge in [-0.2, -0.15) is 4.31 Å². The van der Waals surface area contributed by atoms with E-state index in [1.807, 2.05) is 0 Å². The van der Waals surface area contributed by atoms with Gasteiger partial charge in [-0.05, 0) is 33.3 Å². The lowest BCUT2D eigenvalue weighted by Gasteiger charge is -2.25. The van der Waals surface area contributed by atoms with Crippen molar-refractivity contribution in [1.29, 1.82) is 0 Å². The zero-order chi connectivity index (χ0) is 24.3. The number of nitro groups is 1. The fraction of sp³-hybridized carbons (Fsp3) is 0.450. The van der Waals surface area contributed by atoms with Crippen LogP contribution in [0.5, 0.6) is 0 Å². The normalized spacial score (nSPS) is 16.2. The molecule has 0 unspecified atom stereocenters. The van der Waals surface area contributed by atoms with Crippen LogP contribution in [-0.2, 0) is 14.8 Å². The van der Waals surface area contributed by atoms with Crippen molar-refractivity contribution in [3.05, 3.63) is 51.4 Å². The molecule has 0 saturated carbocycles. The monoisotopic (exact) mass is 479 g/mol. The van der Waals surface area contributed by atoms with Gasteiger partial charge < -0.3 is 14.7 Å². The summed E-state index contributed by atoms with van der Waals surface area (Å²) in [6, 6.07) is 4.31. The molecule has 3 rings (SSSR count). The van der Waals surface area contributed by atoms with Crippen molar-refractivity contribution in [2.75, 3.05) is 26.2 Å². The summed E-state index contributed by atoms with van der Waals surface area (Å²) in [4.78, 5) is 37.2. The topological polar surface area (TPSA) is 156 Å². The lowest BCUT2D eigenvalue weighted by molar-refractivity contribution is -0.384. The summed E-state index contributed by atoms with van der Waals surface area (Å²) in [5, 5.41) is 17.2. The summed E-state index contributed by atoms with van der Waals surface area (Å²) in [5.74, 6) is -0.774. The molecule has 1 aliphatic heterocycles. The molecule has 1 aromatic heterocycles. The minimum absolute atomic E-state index is 0.0415. The molecule has 0 radical (unpaired) electrons. The largest absolute Gasteiger partial charge is 0.360 e. The summed E-state index contributed by atoms with van der Waals surface area (Å²) in [7, 11) is -3.82. The average molecular weight is 480 g/mol. The number of nitrogens with zero attached hydrogens (tertiary/aromatic N) is 4. The molecule has 0 bridgehead atoms. The maximum atomic E-state index is 13.0. The van der Waals surface area contributed by atoms with E-state index in [2.05, 4.69) is 10.5 Å². The Labute approximate surface area is 190 Å². The molecule has 2 aromatic rings. The molecule has 33 heavy (non-hydrogen) atoms. The van der Waals surface area contributed by atoms with E-state index in [0.29, 0.717) is 13.0 Å². The van der Waals surface area contributed by atoms with E-state index in [1.54, 1.807) is 6.92 Å². The van der Waals surface area contributed by atoms with Gasteiger partial charge in [-0.3, -0.25) is 19.7 Å². The molecular weight excluding hydrogens is 454 g/mol. The Morgan fingerprint density at radius 3 is 2.58 bits per heavy atom. The highest BCUT2D eigenvalue weighted by Crippen LogP contribution is 2.24. The van der Waals surface area contributed by atoms with Crippen LogP contribution in [0.15, 0.2) is 33.7 Å². The number of carbonyl (C=O) groups excluding carboxylic acids is 2. The molecule has 1 saturated heterocycles. The predicted octanol–water partition coefficient (Wildman–Crippen LogP) is 1.24. The zero-order valence-electron chi connectivity index (χ0n) is 18.5.